The highest BCUT2D eigenvalue weighted by Crippen LogP contribution is 2.38. The quantitative estimate of drug-likeness (QED) is 0.590. The number of rotatable bonds is 8. The summed E-state index contributed by atoms with van der Waals surface area (Å²) in [6.45, 7) is 2.51. The van der Waals surface area contributed by atoms with Crippen molar-refractivity contribution in [2.75, 3.05) is 24.3 Å². The van der Waals surface area contributed by atoms with Crippen LogP contribution in [0, 0.1) is 0 Å². The number of ether oxygens (including phenoxy) is 1. The number of benzene rings is 2. The first-order valence-corrected chi connectivity index (χ1v) is 12.4. The van der Waals surface area contributed by atoms with E-state index >= 15 is 0 Å². The molecule has 0 spiro atoms. The van der Waals surface area contributed by atoms with Gasteiger partial charge in [0.15, 0.2) is 9.84 Å². The molecule has 0 unspecified atom stereocenters. The Hall–Kier alpha value is -2.39. The maximum atomic E-state index is 13.1. The van der Waals surface area contributed by atoms with Crippen LogP contribution in [0.25, 0.3) is 0 Å². The van der Waals surface area contributed by atoms with E-state index in [0.29, 0.717) is 36.1 Å². The normalized spacial score (nSPS) is 13.1. The summed E-state index contributed by atoms with van der Waals surface area (Å²) < 4.78 is 31.9. The van der Waals surface area contributed by atoms with Crippen LogP contribution in [-0.2, 0) is 32.4 Å². The lowest BCUT2D eigenvalue weighted by Gasteiger charge is -2.20. The fraction of sp³-hybridized carbons (Fsp3) is 0.364. The summed E-state index contributed by atoms with van der Waals surface area (Å²) in [4.78, 5) is 26.2. The Morgan fingerprint density at radius 3 is 2.55 bits per heavy atom. The lowest BCUT2D eigenvalue weighted by molar-refractivity contribution is -0.121. The van der Waals surface area contributed by atoms with Crippen molar-refractivity contribution in [3.05, 3.63) is 52.0 Å². The summed E-state index contributed by atoms with van der Waals surface area (Å²) in [5, 5.41) is 2.74. The van der Waals surface area contributed by atoms with Gasteiger partial charge in [0.2, 0.25) is 11.8 Å². The first-order valence-electron chi connectivity index (χ1n) is 10.0. The molecule has 3 rings (SSSR count). The average Bonchev–Trinajstić information content (AvgIpc) is 3.19. The standard InChI is InChI=1S/C22H25BrN2O5S/c1-3-21(27)25-10-8-16-12-17(23)13-19(22(16)25)31(28,29)11-9-20(26)24-14-15-4-6-18(30-2)7-5-15/h4-7,12-13H,3,8-11,14H2,1-2H3,(H,24,26). The molecular formula is C22H25BrN2O5S. The highest BCUT2D eigenvalue weighted by Gasteiger charge is 2.32. The first-order chi connectivity index (χ1) is 14.7. The van der Waals surface area contributed by atoms with E-state index in [1.165, 1.54) is 6.07 Å². The predicted molar refractivity (Wildman–Crippen MR) is 122 cm³/mol. The molecule has 9 heteroatoms. The number of carbonyl (C=O) groups is 2. The maximum absolute atomic E-state index is 13.1. The van der Waals surface area contributed by atoms with Gasteiger partial charge in [0.1, 0.15) is 5.75 Å². The van der Waals surface area contributed by atoms with Gasteiger partial charge < -0.3 is 15.0 Å². The van der Waals surface area contributed by atoms with E-state index in [4.69, 9.17) is 4.74 Å². The van der Waals surface area contributed by atoms with E-state index in [1.807, 2.05) is 18.2 Å². The number of hydrogen-bond acceptors (Lipinski definition) is 5. The van der Waals surface area contributed by atoms with Crippen LogP contribution in [0.2, 0.25) is 0 Å². The molecule has 0 bridgehead atoms. The number of nitrogens with one attached hydrogen (secondary N) is 1. The lowest BCUT2D eigenvalue weighted by atomic mass is 10.2. The first kappa shape index (κ1) is 23.3. The number of hydrogen-bond donors (Lipinski definition) is 1. The molecule has 1 heterocycles. The molecule has 0 atom stereocenters. The van der Waals surface area contributed by atoms with Crippen LogP contribution in [0.3, 0.4) is 0 Å². The van der Waals surface area contributed by atoms with Crippen molar-refractivity contribution in [3.8, 4) is 5.75 Å². The zero-order chi connectivity index (χ0) is 22.6. The molecule has 31 heavy (non-hydrogen) atoms. The monoisotopic (exact) mass is 508 g/mol. The summed E-state index contributed by atoms with van der Waals surface area (Å²) in [5.41, 5.74) is 2.16. The van der Waals surface area contributed by atoms with Crippen molar-refractivity contribution in [1.29, 1.82) is 0 Å². The Bertz CT molecular complexity index is 1080. The third-order valence-electron chi connectivity index (χ3n) is 5.18. The molecule has 0 fully saturated rings. The van der Waals surface area contributed by atoms with Gasteiger partial charge in [-0.05, 0) is 41.8 Å². The number of methoxy groups -OCH3 is 1. The number of anilines is 1. The SMILES string of the molecule is CCC(=O)N1CCc2cc(Br)cc(S(=O)(=O)CCC(=O)NCc3ccc(OC)cc3)c21. The molecule has 1 aliphatic heterocycles. The van der Waals surface area contributed by atoms with Crippen LogP contribution in [-0.4, -0.2) is 39.6 Å². The summed E-state index contributed by atoms with van der Waals surface area (Å²) in [5.74, 6) is -0.0843. The van der Waals surface area contributed by atoms with Gasteiger partial charge in [0.25, 0.3) is 0 Å². The van der Waals surface area contributed by atoms with E-state index in [2.05, 4.69) is 21.2 Å². The molecule has 1 aliphatic rings. The van der Waals surface area contributed by atoms with E-state index < -0.39 is 9.84 Å². The maximum Gasteiger partial charge on any atom is 0.226 e. The Morgan fingerprint density at radius 2 is 1.90 bits per heavy atom. The highest BCUT2D eigenvalue weighted by molar-refractivity contribution is 9.10. The summed E-state index contributed by atoms with van der Waals surface area (Å²) in [7, 11) is -2.19. The molecule has 0 radical (unpaired) electrons. The molecule has 0 aromatic heterocycles. The van der Waals surface area contributed by atoms with Crippen LogP contribution in [0.4, 0.5) is 5.69 Å². The minimum absolute atomic E-state index is 0.0964. The van der Waals surface area contributed by atoms with Crippen molar-refractivity contribution in [3.63, 3.8) is 0 Å². The number of carbonyl (C=O) groups excluding carboxylic acids is 2. The van der Waals surface area contributed by atoms with Crippen molar-refractivity contribution in [1.82, 2.24) is 5.32 Å². The molecular weight excluding hydrogens is 484 g/mol. The number of fused-ring (bicyclic) bond motifs is 1. The lowest BCUT2D eigenvalue weighted by Crippen LogP contribution is -2.30. The van der Waals surface area contributed by atoms with Gasteiger partial charge in [-0.15, -0.1) is 0 Å². The summed E-state index contributed by atoms with van der Waals surface area (Å²) in [6.07, 6.45) is 0.732. The van der Waals surface area contributed by atoms with Crippen LogP contribution in [0.1, 0.15) is 30.9 Å². The van der Waals surface area contributed by atoms with Gasteiger partial charge in [-0.2, -0.15) is 0 Å². The third-order valence-corrected chi connectivity index (χ3v) is 7.36. The van der Waals surface area contributed by atoms with Gasteiger partial charge in [-0.25, -0.2) is 8.42 Å². The van der Waals surface area contributed by atoms with E-state index in [9.17, 15) is 18.0 Å². The zero-order valence-electron chi connectivity index (χ0n) is 17.5. The molecule has 0 saturated heterocycles. The second-order valence-electron chi connectivity index (χ2n) is 7.25. The average molecular weight is 509 g/mol. The number of nitrogens with zero attached hydrogens (tertiary/aromatic N) is 1. The van der Waals surface area contributed by atoms with Crippen molar-refractivity contribution < 1.29 is 22.7 Å². The molecule has 2 aromatic carbocycles. The van der Waals surface area contributed by atoms with Crippen LogP contribution in [0.5, 0.6) is 5.75 Å². The fourth-order valence-corrected chi connectivity index (χ4v) is 5.69. The van der Waals surface area contributed by atoms with Gasteiger partial charge in [0.05, 0.1) is 23.4 Å². The minimum atomic E-state index is -3.77. The largest absolute Gasteiger partial charge is 0.497 e. The van der Waals surface area contributed by atoms with Gasteiger partial charge in [-0.1, -0.05) is 35.0 Å². The predicted octanol–water partition coefficient (Wildman–Crippen LogP) is 3.24. The van der Waals surface area contributed by atoms with Crippen LogP contribution < -0.4 is 15.0 Å². The molecule has 7 nitrogen and oxygen atoms in total. The summed E-state index contributed by atoms with van der Waals surface area (Å²) in [6, 6.07) is 10.6. The Morgan fingerprint density at radius 1 is 1.19 bits per heavy atom. The van der Waals surface area contributed by atoms with Crippen molar-refractivity contribution >= 4 is 43.3 Å². The Labute approximate surface area is 190 Å². The molecule has 1 N–H and O–H groups in total. The third kappa shape index (κ3) is 5.46. The number of sulfone groups is 1. The van der Waals surface area contributed by atoms with E-state index in [-0.39, 0.29) is 28.9 Å². The Kier molecular flexibility index (Phi) is 7.38. The van der Waals surface area contributed by atoms with Crippen molar-refractivity contribution in [2.45, 2.75) is 37.6 Å². The van der Waals surface area contributed by atoms with Gasteiger partial charge in [-0.3, -0.25) is 9.59 Å². The second kappa shape index (κ2) is 9.82. The Balaban J connectivity index is 1.69. The van der Waals surface area contributed by atoms with Gasteiger partial charge in [0, 0.05) is 30.4 Å². The number of halogens is 1. The topological polar surface area (TPSA) is 92.8 Å². The highest BCUT2D eigenvalue weighted by atomic mass is 79.9. The van der Waals surface area contributed by atoms with E-state index in [0.717, 1.165) is 16.9 Å². The molecule has 2 aromatic rings. The summed E-state index contributed by atoms with van der Waals surface area (Å²) >= 11 is 3.37. The zero-order valence-corrected chi connectivity index (χ0v) is 19.9. The smallest absolute Gasteiger partial charge is 0.226 e. The van der Waals surface area contributed by atoms with Crippen LogP contribution >= 0.6 is 15.9 Å². The minimum Gasteiger partial charge on any atom is -0.497 e. The number of amides is 2. The molecule has 166 valence electrons. The van der Waals surface area contributed by atoms with Crippen molar-refractivity contribution in [2.24, 2.45) is 0 Å². The molecule has 0 saturated carbocycles. The second-order valence-corrected chi connectivity index (χ2v) is 10.2. The van der Waals surface area contributed by atoms with E-state index in [1.54, 1.807) is 31.1 Å². The fourth-order valence-electron chi connectivity index (χ4n) is 3.52. The van der Waals surface area contributed by atoms with Crippen LogP contribution in [0.15, 0.2) is 45.8 Å². The molecule has 0 aliphatic carbocycles. The van der Waals surface area contributed by atoms with Gasteiger partial charge >= 0.3 is 0 Å². The molecule has 2 amide bonds.